The molecule has 0 aliphatic carbocycles. The number of carbonyl (C=O) groups is 1. The number of aromatic nitrogens is 3. The molecule has 230 valence electrons. The fourth-order valence-corrected chi connectivity index (χ4v) is 4.53. The Morgan fingerprint density at radius 1 is 1.21 bits per heavy atom. The summed E-state index contributed by atoms with van der Waals surface area (Å²) in [6.45, 7) is 5.36. The van der Waals surface area contributed by atoms with Crippen LogP contribution in [0.2, 0.25) is 10.0 Å². The number of halogens is 3. The minimum absolute atomic E-state index is 0.0245. The second-order valence-corrected chi connectivity index (χ2v) is 10.7. The second-order valence-electron chi connectivity index (χ2n) is 9.93. The van der Waals surface area contributed by atoms with E-state index in [-0.39, 0.29) is 34.0 Å². The molecule has 1 unspecified atom stereocenters. The van der Waals surface area contributed by atoms with E-state index in [0.717, 1.165) is 0 Å². The maximum atomic E-state index is 14.9. The summed E-state index contributed by atoms with van der Waals surface area (Å²) < 4.78 is 26.9. The van der Waals surface area contributed by atoms with Gasteiger partial charge in [-0.1, -0.05) is 43.1 Å². The largest absolute Gasteiger partial charge is 0.479 e. The van der Waals surface area contributed by atoms with Crippen LogP contribution in [0.15, 0.2) is 52.7 Å². The Balaban J connectivity index is 2.36. The first-order chi connectivity index (χ1) is 20.3. The molecule has 11 nitrogen and oxygen atoms in total. The molecular weight excluding hydrogens is 600 g/mol. The summed E-state index contributed by atoms with van der Waals surface area (Å²) >= 11 is 12.2. The molecule has 0 bridgehead atoms. The number of benzene rings is 1. The van der Waals surface area contributed by atoms with Crippen LogP contribution in [-0.2, 0) is 16.6 Å². The van der Waals surface area contributed by atoms with E-state index in [1.165, 1.54) is 49.3 Å². The first kappa shape index (κ1) is 33.3. The van der Waals surface area contributed by atoms with Crippen molar-refractivity contribution in [2.24, 2.45) is 13.0 Å². The predicted molar refractivity (Wildman–Crippen MR) is 167 cm³/mol. The zero-order chi connectivity index (χ0) is 32.0. The van der Waals surface area contributed by atoms with E-state index in [1.54, 1.807) is 32.0 Å². The molecule has 1 atom stereocenters. The Morgan fingerprint density at radius 2 is 1.91 bits per heavy atom. The van der Waals surface area contributed by atoms with Gasteiger partial charge in [-0.2, -0.15) is 4.98 Å². The van der Waals surface area contributed by atoms with E-state index in [0.29, 0.717) is 28.6 Å². The standard InChI is InChI=1S/C29H34Cl2FN7O4/c1-8-43-28(41)23(33)22(24(15(2)3)36-21-13-34-29(38(4)5)37-26(21)42-7)25(16-9-10-18(30)20(32)11-16)35-17-12-19(31)27(40)39(6)14-17/h9-15,25,33,35-36H,8H2,1-7H3/b24-22+,33-23?. The van der Waals surface area contributed by atoms with Gasteiger partial charge in [0, 0.05) is 38.6 Å². The molecular formula is C29H34Cl2FN7O4. The van der Waals surface area contributed by atoms with Gasteiger partial charge in [-0.3, -0.25) is 10.2 Å². The number of nitrogens with zero attached hydrogens (tertiary/aromatic N) is 4. The third-order valence-electron chi connectivity index (χ3n) is 6.24. The van der Waals surface area contributed by atoms with Gasteiger partial charge in [0.05, 0.1) is 36.7 Å². The lowest BCUT2D eigenvalue weighted by Crippen LogP contribution is -2.30. The molecule has 14 heteroatoms. The molecule has 2 heterocycles. The maximum Gasteiger partial charge on any atom is 0.356 e. The van der Waals surface area contributed by atoms with Crippen molar-refractivity contribution in [3.8, 4) is 5.88 Å². The molecule has 0 aliphatic rings. The van der Waals surface area contributed by atoms with E-state index in [2.05, 4.69) is 20.6 Å². The Morgan fingerprint density at radius 3 is 2.47 bits per heavy atom. The number of pyridine rings is 1. The molecule has 3 aromatic rings. The van der Waals surface area contributed by atoms with Gasteiger partial charge < -0.3 is 29.6 Å². The van der Waals surface area contributed by atoms with Crippen molar-refractivity contribution in [3.63, 3.8) is 0 Å². The highest BCUT2D eigenvalue weighted by molar-refractivity contribution is 6.42. The van der Waals surface area contributed by atoms with Crippen LogP contribution in [0.4, 0.5) is 21.7 Å². The fourth-order valence-electron chi connectivity index (χ4n) is 4.16. The number of allylic oxidation sites excluding steroid dienone is 1. The van der Waals surface area contributed by atoms with Crippen LogP contribution >= 0.6 is 23.2 Å². The van der Waals surface area contributed by atoms with Crippen molar-refractivity contribution in [1.82, 2.24) is 14.5 Å². The molecule has 43 heavy (non-hydrogen) atoms. The SMILES string of the molecule is CCOC(=O)C(=N)/C(=C(\Nc1cnc(N(C)C)nc1OC)C(C)C)C(Nc1cc(Cl)c(=O)n(C)c1)c1ccc(Cl)c(F)c1. The summed E-state index contributed by atoms with van der Waals surface area (Å²) in [6.07, 6.45) is 3.02. The molecule has 0 aliphatic heterocycles. The summed E-state index contributed by atoms with van der Waals surface area (Å²) in [6, 6.07) is 4.51. The molecule has 0 saturated carbocycles. The highest BCUT2D eigenvalue weighted by Gasteiger charge is 2.31. The Kier molecular flexibility index (Phi) is 11.1. The number of anilines is 3. The Labute approximate surface area is 259 Å². The number of esters is 1. The van der Waals surface area contributed by atoms with Gasteiger partial charge in [0.15, 0.2) is 0 Å². The average Bonchev–Trinajstić information content (AvgIpc) is 2.96. The lowest BCUT2D eigenvalue weighted by Gasteiger charge is -2.29. The first-order valence-corrected chi connectivity index (χ1v) is 14.0. The van der Waals surface area contributed by atoms with E-state index >= 15 is 0 Å². The van der Waals surface area contributed by atoms with Crippen molar-refractivity contribution in [2.45, 2.75) is 26.8 Å². The highest BCUT2D eigenvalue weighted by atomic mass is 35.5. The van der Waals surface area contributed by atoms with Gasteiger partial charge in [-0.05, 0) is 36.6 Å². The van der Waals surface area contributed by atoms with Gasteiger partial charge in [0.25, 0.3) is 5.56 Å². The summed E-state index contributed by atoms with van der Waals surface area (Å²) in [7, 11) is 6.55. The van der Waals surface area contributed by atoms with Crippen molar-refractivity contribution in [3.05, 3.63) is 79.7 Å². The summed E-state index contributed by atoms with van der Waals surface area (Å²) in [5, 5.41) is 15.3. The number of hydrogen-bond acceptors (Lipinski definition) is 10. The second kappa shape index (κ2) is 14.3. The third kappa shape index (κ3) is 7.82. The summed E-state index contributed by atoms with van der Waals surface area (Å²) in [5.41, 5.74) is 0.640. The zero-order valence-corrected chi connectivity index (χ0v) is 26.4. The van der Waals surface area contributed by atoms with E-state index < -0.39 is 29.1 Å². The van der Waals surface area contributed by atoms with Crippen LogP contribution in [-0.4, -0.2) is 54.0 Å². The van der Waals surface area contributed by atoms with Gasteiger partial charge in [-0.25, -0.2) is 14.2 Å². The lowest BCUT2D eigenvalue weighted by molar-refractivity contribution is -0.135. The Bertz CT molecular complexity index is 1580. The van der Waals surface area contributed by atoms with Crippen LogP contribution < -0.4 is 25.8 Å². The Hall–Kier alpha value is -4.16. The van der Waals surface area contributed by atoms with Crippen molar-refractivity contribution in [1.29, 1.82) is 5.41 Å². The number of nitrogens with one attached hydrogen (secondary N) is 3. The monoisotopic (exact) mass is 633 g/mol. The summed E-state index contributed by atoms with van der Waals surface area (Å²) in [4.78, 5) is 35.9. The van der Waals surface area contributed by atoms with Gasteiger partial charge in [-0.15, -0.1) is 0 Å². The van der Waals surface area contributed by atoms with Crippen LogP contribution in [0.5, 0.6) is 5.88 Å². The van der Waals surface area contributed by atoms with E-state index in [4.69, 9.17) is 38.1 Å². The van der Waals surface area contributed by atoms with Crippen LogP contribution in [0.25, 0.3) is 0 Å². The molecule has 0 spiro atoms. The number of aryl methyl sites for hydroxylation is 1. The number of rotatable bonds is 12. The molecule has 3 rings (SSSR count). The maximum absolute atomic E-state index is 14.9. The number of hydrogen-bond donors (Lipinski definition) is 3. The minimum atomic E-state index is -1.05. The van der Waals surface area contributed by atoms with Gasteiger partial charge in [0.1, 0.15) is 22.2 Å². The van der Waals surface area contributed by atoms with Gasteiger partial charge >= 0.3 is 5.97 Å². The van der Waals surface area contributed by atoms with Crippen molar-refractivity contribution >= 4 is 52.2 Å². The minimum Gasteiger partial charge on any atom is -0.479 e. The number of carbonyl (C=O) groups excluding carboxylic acids is 1. The fraction of sp³-hybridized carbons (Fsp3) is 0.345. The van der Waals surface area contributed by atoms with Gasteiger partial charge in [0.2, 0.25) is 11.8 Å². The summed E-state index contributed by atoms with van der Waals surface area (Å²) in [5.74, 6) is -1.33. The lowest BCUT2D eigenvalue weighted by atomic mass is 9.89. The zero-order valence-electron chi connectivity index (χ0n) is 24.9. The molecule has 3 N–H and O–H groups in total. The molecule has 0 radical (unpaired) electrons. The average molecular weight is 635 g/mol. The quantitative estimate of drug-likeness (QED) is 0.176. The van der Waals surface area contributed by atoms with Crippen LogP contribution in [0, 0.1) is 17.1 Å². The van der Waals surface area contributed by atoms with Crippen LogP contribution in [0.1, 0.15) is 32.4 Å². The third-order valence-corrected chi connectivity index (χ3v) is 6.81. The first-order valence-electron chi connectivity index (χ1n) is 13.2. The smallest absolute Gasteiger partial charge is 0.356 e. The molecule has 1 aromatic carbocycles. The molecule has 0 saturated heterocycles. The topological polar surface area (TPSA) is 134 Å². The molecule has 0 amide bonds. The predicted octanol–water partition coefficient (Wildman–Crippen LogP) is 5.45. The van der Waals surface area contributed by atoms with E-state index in [1.807, 2.05) is 13.8 Å². The molecule has 2 aromatic heterocycles. The van der Waals surface area contributed by atoms with Crippen LogP contribution in [0.3, 0.4) is 0 Å². The highest BCUT2D eigenvalue weighted by Crippen LogP contribution is 2.36. The number of ether oxygens (including phenoxy) is 2. The van der Waals surface area contributed by atoms with Crippen molar-refractivity contribution in [2.75, 3.05) is 43.3 Å². The van der Waals surface area contributed by atoms with E-state index in [9.17, 15) is 14.0 Å². The molecule has 0 fully saturated rings. The number of methoxy groups -OCH3 is 1. The normalized spacial score (nSPS) is 12.3. The van der Waals surface area contributed by atoms with Crippen molar-refractivity contribution < 1.29 is 18.7 Å².